The molecule has 0 bridgehead atoms. The minimum absolute atomic E-state index is 0.249. The van der Waals surface area contributed by atoms with Crippen molar-refractivity contribution in [1.82, 2.24) is 0 Å². The standard InChI is InChI=1S/C17H17ClN2O4S/c1-8-9(2)25-17(20-16(24)12(19)7-13(21)22)14(8)15(23)10-3-5-11(18)6-4-10/h3-6,12H,7,19H2,1-2H3,(H,20,24)(H,21,22). The Morgan fingerprint density at radius 2 is 1.84 bits per heavy atom. The number of carboxylic acid groups (broad SMARTS) is 1. The van der Waals surface area contributed by atoms with Crippen LogP contribution < -0.4 is 11.1 Å². The highest BCUT2D eigenvalue weighted by molar-refractivity contribution is 7.16. The molecule has 2 rings (SSSR count). The maximum absolute atomic E-state index is 12.8. The van der Waals surface area contributed by atoms with Gasteiger partial charge in [-0.05, 0) is 43.7 Å². The van der Waals surface area contributed by atoms with Crippen molar-refractivity contribution >= 4 is 45.6 Å². The maximum atomic E-state index is 12.8. The van der Waals surface area contributed by atoms with E-state index in [9.17, 15) is 14.4 Å². The molecule has 132 valence electrons. The van der Waals surface area contributed by atoms with Gasteiger partial charge in [0.15, 0.2) is 5.78 Å². The van der Waals surface area contributed by atoms with Gasteiger partial charge in [-0.2, -0.15) is 0 Å². The van der Waals surface area contributed by atoms with Gasteiger partial charge in [0, 0.05) is 15.5 Å². The fraction of sp³-hybridized carbons (Fsp3) is 0.235. The Kier molecular flexibility index (Phi) is 5.94. The predicted octanol–water partition coefficient (Wildman–Crippen LogP) is 2.99. The zero-order valence-corrected chi connectivity index (χ0v) is 15.2. The molecule has 0 aliphatic carbocycles. The Labute approximate surface area is 153 Å². The second kappa shape index (κ2) is 7.77. The highest BCUT2D eigenvalue weighted by Crippen LogP contribution is 2.34. The molecule has 1 amide bonds. The molecule has 25 heavy (non-hydrogen) atoms. The van der Waals surface area contributed by atoms with E-state index in [1.165, 1.54) is 11.3 Å². The van der Waals surface area contributed by atoms with Crippen molar-refractivity contribution in [1.29, 1.82) is 0 Å². The number of carbonyl (C=O) groups excluding carboxylic acids is 2. The molecule has 4 N–H and O–H groups in total. The molecule has 6 nitrogen and oxygen atoms in total. The molecular formula is C17H17ClN2O4S. The van der Waals surface area contributed by atoms with Crippen molar-refractivity contribution in [2.45, 2.75) is 26.3 Å². The Balaban J connectivity index is 2.33. The minimum Gasteiger partial charge on any atom is -0.481 e. The summed E-state index contributed by atoms with van der Waals surface area (Å²) in [5.41, 5.74) is 7.15. The first-order chi connectivity index (χ1) is 11.7. The van der Waals surface area contributed by atoms with Crippen molar-refractivity contribution in [3.05, 3.63) is 50.9 Å². The first-order valence-electron chi connectivity index (χ1n) is 7.39. The van der Waals surface area contributed by atoms with Crippen LogP contribution in [0, 0.1) is 13.8 Å². The lowest BCUT2D eigenvalue weighted by Gasteiger charge is -2.11. The van der Waals surface area contributed by atoms with Crippen molar-refractivity contribution in [2.24, 2.45) is 5.73 Å². The molecule has 0 aliphatic rings. The monoisotopic (exact) mass is 380 g/mol. The van der Waals surface area contributed by atoms with Gasteiger partial charge in [0.05, 0.1) is 18.0 Å². The van der Waals surface area contributed by atoms with E-state index in [0.717, 1.165) is 10.4 Å². The van der Waals surface area contributed by atoms with Crippen LogP contribution >= 0.6 is 22.9 Å². The molecule has 0 fully saturated rings. The number of nitrogens with two attached hydrogens (primary N) is 1. The number of benzene rings is 1. The van der Waals surface area contributed by atoms with Crippen LogP contribution in [0.2, 0.25) is 5.02 Å². The number of hydrogen-bond acceptors (Lipinski definition) is 5. The number of thiophene rings is 1. The molecule has 0 saturated heterocycles. The van der Waals surface area contributed by atoms with Gasteiger partial charge in [-0.1, -0.05) is 11.6 Å². The molecule has 1 atom stereocenters. The molecule has 0 aliphatic heterocycles. The van der Waals surface area contributed by atoms with Gasteiger partial charge in [0.25, 0.3) is 0 Å². The second-order valence-electron chi connectivity index (χ2n) is 5.52. The molecule has 0 spiro atoms. The van der Waals surface area contributed by atoms with Crippen LogP contribution in [0.4, 0.5) is 5.00 Å². The topological polar surface area (TPSA) is 109 Å². The van der Waals surface area contributed by atoms with E-state index in [-0.39, 0.29) is 5.78 Å². The summed E-state index contributed by atoms with van der Waals surface area (Å²) >= 11 is 7.10. The molecular weight excluding hydrogens is 364 g/mol. The van der Waals surface area contributed by atoms with Gasteiger partial charge >= 0.3 is 5.97 Å². The predicted molar refractivity (Wildman–Crippen MR) is 97.5 cm³/mol. The van der Waals surface area contributed by atoms with Crippen molar-refractivity contribution < 1.29 is 19.5 Å². The molecule has 2 aromatic rings. The van der Waals surface area contributed by atoms with Gasteiger partial charge in [-0.3, -0.25) is 14.4 Å². The number of amides is 1. The highest BCUT2D eigenvalue weighted by atomic mass is 35.5. The molecule has 8 heteroatoms. The van der Waals surface area contributed by atoms with Crippen molar-refractivity contribution in [3.63, 3.8) is 0 Å². The third-order valence-electron chi connectivity index (χ3n) is 3.69. The van der Waals surface area contributed by atoms with Crippen LogP contribution in [-0.4, -0.2) is 28.8 Å². The Morgan fingerprint density at radius 3 is 2.40 bits per heavy atom. The van der Waals surface area contributed by atoms with E-state index >= 15 is 0 Å². The van der Waals surface area contributed by atoms with E-state index in [1.807, 2.05) is 6.92 Å². The number of carbonyl (C=O) groups is 3. The van der Waals surface area contributed by atoms with Crippen LogP contribution in [0.25, 0.3) is 0 Å². The lowest BCUT2D eigenvalue weighted by Crippen LogP contribution is -2.37. The summed E-state index contributed by atoms with van der Waals surface area (Å²) < 4.78 is 0. The number of aryl methyl sites for hydroxylation is 1. The first-order valence-corrected chi connectivity index (χ1v) is 8.58. The van der Waals surface area contributed by atoms with Gasteiger partial charge < -0.3 is 16.2 Å². The summed E-state index contributed by atoms with van der Waals surface area (Å²) in [5, 5.41) is 12.2. The summed E-state index contributed by atoms with van der Waals surface area (Å²) in [4.78, 5) is 36.5. The fourth-order valence-corrected chi connectivity index (χ4v) is 3.41. The van der Waals surface area contributed by atoms with E-state index in [2.05, 4.69) is 5.32 Å². The third-order valence-corrected chi connectivity index (χ3v) is 5.06. The normalized spacial score (nSPS) is 11.8. The zero-order valence-electron chi connectivity index (χ0n) is 13.6. The second-order valence-corrected chi connectivity index (χ2v) is 7.18. The largest absolute Gasteiger partial charge is 0.481 e. The molecule has 0 saturated carbocycles. The average molecular weight is 381 g/mol. The molecule has 1 heterocycles. The van der Waals surface area contributed by atoms with E-state index in [0.29, 0.717) is 21.2 Å². The molecule has 1 unspecified atom stereocenters. The van der Waals surface area contributed by atoms with Crippen molar-refractivity contribution in [2.75, 3.05) is 5.32 Å². The number of carboxylic acids is 1. The van der Waals surface area contributed by atoms with Gasteiger partial charge in [-0.25, -0.2) is 0 Å². The highest BCUT2D eigenvalue weighted by Gasteiger charge is 2.24. The number of anilines is 1. The van der Waals surface area contributed by atoms with E-state index in [4.69, 9.17) is 22.4 Å². The Hall–Kier alpha value is -2.22. The number of ketones is 1. The molecule has 1 aromatic carbocycles. The average Bonchev–Trinajstić information content (AvgIpc) is 2.81. The summed E-state index contributed by atoms with van der Waals surface area (Å²) in [6, 6.07) is 5.26. The van der Waals surface area contributed by atoms with Gasteiger partial charge in [0.1, 0.15) is 5.00 Å². The number of rotatable bonds is 6. The molecule has 0 radical (unpaired) electrons. The van der Waals surface area contributed by atoms with Crippen LogP contribution in [0.3, 0.4) is 0 Å². The summed E-state index contributed by atoms with van der Waals surface area (Å²) in [7, 11) is 0. The van der Waals surface area contributed by atoms with E-state index in [1.54, 1.807) is 31.2 Å². The Bertz CT molecular complexity index is 830. The number of hydrogen-bond donors (Lipinski definition) is 3. The lowest BCUT2D eigenvalue weighted by atomic mass is 10.0. The van der Waals surface area contributed by atoms with Gasteiger partial charge in [0.2, 0.25) is 5.91 Å². The maximum Gasteiger partial charge on any atom is 0.305 e. The summed E-state index contributed by atoms with van der Waals surface area (Å²) in [6.45, 7) is 3.63. The molecule has 1 aromatic heterocycles. The van der Waals surface area contributed by atoms with E-state index < -0.39 is 24.3 Å². The lowest BCUT2D eigenvalue weighted by molar-refractivity contribution is -0.138. The first kappa shape index (κ1) is 19.1. The summed E-state index contributed by atoms with van der Waals surface area (Å²) in [5.74, 6) is -2.06. The minimum atomic E-state index is -1.20. The summed E-state index contributed by atoms with van der Waals surface area (Å²) in [6.07, 6.45) is -0.490. The fourth-order valence-electron chi connectivity index (χ4n) is 2.22. The van der Waals surface area contributed by atoms with Gasteiger partial charge in [-0.15, -0.1) is 11.3 Å². The van der Waals surface area contributed by atoms with Crippen molar-refractivity contribution in [3.8, 4) is 0 Å². The number of nitrogens with one attached hydrogen (secondary N) is 1. The van der Waals surface area contributed by atoms with Crippen LogP contribution in [0.1, 0.15) is 32.8 Å². The quantitative estimate of drug-likeness (QED) is 0.667. The smallest absolute Gasteiger partial charge is 0.305 e. The number of aliphatic carboxylic acids is 1. The zero-order chi connectivity index (χ0) is 18.7. The van der Waals surface area contributed by atoms with Crippen LogP contribution in [-0.2, 0) is 9.59 Å². The SMILES string of the molecule is Cc1sc(NC(=O)C(N)CC(=O)O)c(C(=O)c2ccc(Cl)cc2)c1C. The third kappa shape index (κ3) is 4.45. The Morgan fingerprint density at radius 1 is 1.24 bits per heavy atom. The van der Waals surface area contributed by atoms with Crippen LogP contribution in [0.5, 0.6) is 0 Å². The number of halogens is 1. The van der Waals surface area contributed by atoms with Crippen LogP contribution in [0.15, 0.2) is 24.3 Å².